The Balaban J connectivity index is 5.36. The zero-order chi connectivity index (χ0) is 28.7. The van der Waals surface area contributed by atoms with Crippen molar-refractivity contribution in [3.05, 3.63) is 0 Å². The average molecular weight is 550 g/mol. The van der Waals surface area contributed by atoms with Gasteiger partial charge in [0.15, 0.2) is 0 Å². The molecule has 15 nitrogen and oxygen atoms in total. The summed E-state index contributed by atoms with van der Waals surface area (Å²) in [7, 11) is 0. The van der Waals surface area contributed by atoms with E-state index in [1.165, 1.54) is 25.6 Å². The van der Waals surface area contributed by atoms with Crippen LogP contribution in [0.25, 0.3) is 0 Å². The summed E-state index contributed by atoms with van der Waals surface area (Å²) in [4.78, 5) is 82.9. The Bertz CT molecular complexity index is 856. The molecule has 4 amide bonds. The van der Waals surface area contributed by atoms with Crippen LogP contribution in [0.1, 0.15) is 46.0 Å². The first-order valence-corrected chi connectivity index (χ1v) is 12.7. The Labute approximate surface area is 217 Å². The Morgan fingerprint density at radius 3 is 1.51 bits per heavy atom. The minimum absolute atomic E-state index is 0.285. The SMILES string of the molecule is CSCCC(N)C(=O)NC(CCC(=O)O)C(=O)NC(C)C(=O)NC(CCC(=O)O)C(=O)NC(C)C(=O)O. The van der Waals surface area contributed by atoms with Gasteiger partial charge in [0, 0.05) is 12.8 Å². The van der Waals surface area contributed by atoms with E-state index in [9.17, 15) is 33.6 Å². The Morgan fingerprint density at radius 2 is 1.11 bits per heavy atom. The summed E-state index contributed by atoms with van der Waals surface area (Å²) >= 11 is 1.46. The molecule has 9 N–H and O–H groups in total. The number of hydrogen-bond acceptors (Lipinski definition) is 9. The van der Waals surface area contributed by atoms with Crippen LogP contribution >= 0.6 is 11.8 Å². The van der Waals surface area contributed by atoms with Crippen LogP contribution in [0.5, 0.6) is 0 Å². The van der Waals surface area contributed by atoms with Gasteiger partial charge in [-0.2, -0.15) is 11.8 Å². The first-order chi connectivity index (χ1) is 17.2. The quantitative estimate of drug-likeness (QED) is 0.0911. The summed E-state index contributed by atoms with van der Waals surface area (Å²) in [5.41, 5.74) is 5.79. The first-order valence-electron chi connectivity index (χ1n) is 11.3. The van der Waals surface area contributed by atoms with Gasteiger partial charge in [0.25, 0.3) is 0 Å². The van der Waals surface area contributed by atoms with Gasteiger partial charge in [0.05, 0.1) is 6.04 Å². The molecule has 0 saturated heterocycles. The molecule has 0 saturated carbocycles. The van der Waals surface area contributed by atoms with Crippen molar-refractivity contribution in [2.24, 2.45) is 5.73 Å². The molecule has 5 unspecified atom stereocenters. The van der Waals surface area contributed by atoms with E-state index in [1.807, 2.05) is 6.26 Å². The number of aliphatic carboxylic acids is 3. The fourth-order valence-corrected chi connectivity index (χ4v) is 3.27. The molecule has 37 heavy (non-hydrogen) atoms. The van der Waals surface area contributed by atoms with Crippen molar-refractivity contribution in [3.8, 4) is 0 Å². The first kappa shape index (κ1) is 33.6. The third-order valence-electron chi connectivity index (χ3n) is 5.01. The number of carbonyl (C=O) groups excluding carboxylic acids is 4. The molecule has 0 heterocycles. The molecular formula is C21H35N5O10S. The van der Waals surface area contributed by atoms with Crippen LogP contribution in [0.3, 0.4) is 0 Å². The zero-order valence-electron chi connectivity index (χ0n) is 20.8. The molecule has 0 aromatic carbocycles. The van der Waals surface area contributed by atoms with E-state index in [4.69, 9.17) is 21.1 Å². The number of rotatable bonds is 18. The third kappa shape index (κ3) is 14.1. The van der Waals surface area contributed by atoms with Gasteiger partial charge < -0.3 is 42.3 Å². The van der Waals surface area contributed by atoms with Crippen LogP contribution in [0.15, 0.2) is 0 Å². The normalized spacial score (nSPS) is 14.7. The second-order valence-electron chi connectivity index (χ2n) is 8.17. The van der Waals surface area contributed by atoms with Crippen LogP contribution in [0.2, 0.25) is 0 Å². The molecule has 0 aromatic heterocycles. The van der Waals surface area contributed by atoms with Gasteiger partial charge in [-0.3, -0.25) is 33.6 Å². The molecule has 0 spiro atoms. The maximum Gasteiger partial charge on any atom is 0.325 e. The monoisotopic (exact) mass is 549 g/mol. The van der Waals surface area contributed by atoms with E-state index in [0.29, 0.717) is 12.2 Å². The molecule has 16 heteroatoms. The van der Waals surface area contributed by atoms with Gasteiger partial charge in [0.1, 0.15) is 24.2 Å². The van der Waals surface area contributed by atoms with Crippen LogP contribution in [-0.4, -0.2) is 99.1 Å². The van der Waals surface area contributed by atoms with Gasteiger partial charge >= 0.3 is 17.9 Å². The molecule has 0 aromatic rings. The number of carboxylic acid groups (broad SMARTS) is 3. The highest BCUT2D eigenvalue weighted by atomic mass is 32.2. The van der Waals surface area contributed by atoms with Gasteiger partial charge in [-0.05, 0) is 45.1 Å². The van der Waals surface area contributed by atoms with E-state index < -0.39 is 84.6 Å². The highest BCUT2D eigenvalue weighted by Crippen LogP contribution is 2.04. The van der Waals surface area contributed by atoms with Crippen molar-refractivity contribution in [2.75, 3.05) is 12.0 Å². The highest BCUT2D eigenvalue weighted by Gasteiger charge is 2.30. The number of carbonyl (C=O) groups is 7. The average Bonchev–Trinajstić information content (AvgIpc) is 2.81. The predicted molar refractivity (Wildman–Crippen MR) is 131 cm³/mol. The lowest BCUT2D eigenvalue weighted by atomic mass is 10.1. The van der Waals surface area contributed by atoms with Crippen molar-refractivity contribution in [1.82, 2.24) is 21.3 Å². The molecule has 0 aliphatic carbocycles. The summed E-state index contributed by atoms with van der Waals surface area (Å²) in [5.74, 6) is -6.62. The lowest BCUT2D eigenvalue weighted by Gasteiger charge is -2.24. The molecule has 0 fully saturated rings. The molecule has 0 aliphatic rings. The summed E-state index contributed by atoms with van der Waals surface area (Å²) in [6.07, 6.45) is 0.527. The lowest BCUT2D eigenvalue weighted by Crippen LogP contribution is -2.57. The van der Waals surface area contributed by atoms with Crippen LogP contribution in [-0.2, 0) is 33.6 Å². The molecule has 210 valence electrons. The standard InChI is InChI=1S/C21H35N5O10S/c1-10(17(31)25-13(4-6-15(27)28)20(34)24-11(2)21(35)36)23-19(33)14(5-7-16(29)30)26-18(32)12(22)8-9-37-3/h10-14H,4-9,22H2,1-3H3,(H,23,33)(H,24,34)(H,25,31)(H,26,32)(H,27,28)(H,29,30)(H,35,36). The fraction of sp³-hybridized carbons (Fsp3) is 0.667. The van der Waals surface area contributed by atoms with E-state index >= 15 is 0 Å². The Morgan fingerprint density at radius 1 is 0.676 bits per heavy atom. The van der Waals surface area contributed by atoms with Crippen molar-refractivity contribution < 1.29 is 48.9 Å². The minimum Gasteiger partial charge on any atom is -0.481 e. The number of nitrogens with two attached hydrogens (primary N) is 1. The maximum atomic E-state index is 12.7. The van der Waals surface area contributed by atoms with E-state index in [0.717, 1.165) is 0 Å². The van der Waals surface area contributed by atoms with Crippen LogP contribution in [0.4, 0.5) is 0 Å². The molecular weight excluding hydrogens is 514 g/mol. The molecule has 0 rings (SSSR count). The van der Waals surface area contributed by atoms with Crippen molar-refractivity contribution in [2.45, 2.75) is 76.2 Å². The fourth-order valence-electron chi connectivity index (χ4n) is 2.78. The largest absolute Gasteiger partial charge is 0.481 e. The second-order valence-corrected chi connectivity index (χ2v) is 9.16. The highest BCUT2D eigenvalue weighted by molar-refractivity contribution is 7.98. The molecule has 0 aliphatic heterocycles. The summed E-state index contributed by atoms with van der Waals surface area (Å²) in [5, 5.41) is 35.9. The zero-order valence-corrected chi connectivity index (χ0v) is 21.6. The second kappa shape index (κ2) is 17.1. The minimum atomic E-state index is -1.42. The number of carboxylic acids is 3. The third-order valence-corrected chi connectivity index (χ3v) is 5.65. The predicted octanol–water partition coefficient (Wildman–Crippen LogP) is -2.14. The number of amides is 4. The van der Waals surface area contributed by atoms with Crippen LogP contribution in [0, 0.1) is 0 Å². The smallest absolute Gasteiger partial charge is 0.325 e. The van der Waals surface area contributed by atoms with Crippen molar-refractivity contribution >= 4 is 53.3 Å². The summed E-state index contributed by atoms with van der Waals surface area (Å²) in [6.45, 7) is 2.43. The maximum absolute atomic E-state index is 12.7. The van der Waals surface area contributed by atoms with Gasteiger partial charge in [-0.1, -0.05) is 0 Å². The lowest BCUT2D eigenvalue weighted by molar-refractivity contribution is -0.142. The van der Waals surface area contributed by atoms with E-state index in [1.54, 1.807) is 0 Å². The summed E-state index contributed by atoms with van der Waals surface area (Å²) < 4.78 is 0. The van der Waals surface area contributed by atoms with Gasteiger partial charge in [-0.25, -0.2) is 0 Å². The van der Waals surface area contributed by atoms with Gasteiger partial charge in [-0.15, -0.1) is 0 Å². The molecule has 5 atom stereocenters. The number of hydrogen-bond donors (Lipinski definition) is 8. The number of thioether (sulfide) groups is 1. The van der Waals surface area contributed by atoms with Crippen LogP contribution < -0.4 is 27.0 Å². The number of nitrogens with one attached hydrogen (secondary N) is 4. The Hall–Kier alpha value is -3.40. The van der Waals surface area contributed by atoms with E-state index in [2.05, 4.69) is 21.3 Å². The van der Waals surface area contributed by atoms with E-state index in [-0.39, 0.29) is 12.8 Å². The molecule has 0 radical (unpaired) electrons. The summed E-state index contributed by atoms with van der Waals surface area (Å²) in [6, 6.07) is -6.27. The van der Waals surface area contributed by atoms with Crippen molar-refractivity contribution in [1.29, 1.82) is 0 Å². The topological polar surface area (TPSA) is 254 Å². The molecule has 0 bridgehead atoms. The van der Waals surface area contributed by atoms with Gasteiger partial charge in [0.2, 0.25) is 23.6 Å². The van der Waals surface area contributed by atoms with Crippen molar-refractivity contribution in [3.63, 3.8) is 0 Å². The Kier molecular flexibility index (Phi) is 15.6.